The number of aryl methyl sites for hydroxylation is 1. The normalized spacial score (nSPS) is 19.3. The monoisotopic (exact) mass is 316 g/mol. The van der Waals surface area contributed by atoms with Crippen LogP contribution in [0.25, 0.3) is 0 Å². The van der Waals surface area contributed by atoms with Crippen molar-refractivity contribution in [2.45, 2.75) is 31.5 Å². The summed E-state index contributed by atoms with van der Waals surface area (Å²) in [5.41, 5.74) is 1.86. The molecule has 0 bridgehead atoms. The maximum absolute atomic E-state index is 12.1. The van der Waals surface area contributed by atoms with Crippen LogP contribution in [0.15, 0.2) is 36.7 Å². The van der Waals surface area contributed by atoms with Crippen LogP contribution in [0.1, 0.15) is 23.6 Å². The molecule has 1 aromatic heterocycles. The lowest BCUT2D eigenvalue weighted by atomic mass is 10.1. The summed E-state index contributed by atoms with van der Waals surface area (Å²) in [6, 6.07) is 7.20. The van der Waals surface area contributed by atoms with E-state index in [-0.39, 0.29) is 24.6 Å². The van der Waals surface area contributed by atoms with Gasteiger partial charge in [-0.2, -0.15) is 5.10 Å². The zero-order valence-electron chi connectivity index (χ0n) is 12.3. The first-order valence-electron chi connectivity index (χ1n) is 7.26. The first kappa shape index (κ1) is 15.2. The average molecular weight is 316 g/mol. The van der Waals surface area contributed by atoms with Gasteiger partial charge < -0.3 is 10.4 Å². The van der Waals surface area contributed by atoms with E-state index in [1.54, 1.807) is 0 Å². The van der Waals surface area contributed by atoms with E-state index in [0.29, 0.717) is 6.42 Å². The molecule has 0 fully saturated rings. The standard InChI is InChI=1S/C15H16N4O4/c20-13-7-10-3-1-2-4-12(10)15(13)17-14(21)5-6-18-9-11(8-16-18)19(22)23/h1-4,8-9,13,15,20H,5-7H2,(H,17,21). The second-order valence-electron chi connectivity index (χ2n) is 5.48. The van der Waals surface area contributed by atoms with Crippen molar-refractivity contribution in [1.29, 1.82) is 0 Å². The summed E-state index contributed by atoms with van der Waals surface area (Å²) < 4.78 is 1.36. The second kappa shape index (κ2) is 6.17. The lowest BCUT2D eigenvalue weighted by Gasteiger charge is -2.17. The number of carbonyl (C=O) groups is 1. The highest BCUT2D eigenvalue weighted by atomic mass is 16.6. The molecule has 1 heterocycles. The number of hydrogen-bond acceptors (Lipinski definition) is 5. The molecule has 2 aromatic rings. The maximum atomic E-state index is 12.1. The minimum atomic E-state index is -0.637. The molecule has 0 spiro atoms. The first-order valence-corrected chi connectivity index (χ1v) is 7.26. The Morgan fingerprint density at radius 1 is 1.48 bits per heavy atom. The number of carbonyl (C=O) groups excluding carboxylic acids is 1. The van der Waals surface area contributed by atoms with Gasteiger partial charge in [-0.25, -0.2) is 0 Å². The van der Waals surface area contributed by atoms with Gasteiger partial charge in [-0.3, -0.25) is 19.6 Å². The zero-order valence-corrected chi connectivity index (χ0v) is 12.3. The third-order valence-electron chi connectivity index (χ3n) is 3.92. The number of hydrogen-bond donors (Lipinski definition) is 2. The first-order chi connectivity index (χ1) is 11.0. The average Bonchev–Trinajstić information content (AvgIpc) is 3.11. The molecule has 2 N–H and O–H groups in total. The summed E-state index contributed by atoms with van der Waals surface area (Å²) in [5, 5.41) is 27.3. The Kier molecular flexibility index (Phi) is 4.07. The Balaban J connectivity index is 1.58. The lowest BCUT2D eigenvalue weighted by molar-refractivity contribution is -0.385. The number of nitrogens with one attached hydrogen (secondary N) is 1. The molecule has 0 saturated carbocycles. The summed E-state index contributed by atoms with van der Waals surface area (Å²) in [6.45, 7) is 0.240. The number of aliphatic hydroxyl groups excluding tert-OH is 1. The van der Waals surface area contributed by atoms with Crippen LogP contribution < -0.4 is 5.32 Å². The molecule has 1 aromatic carbocycles. The van der Waals surface area contributed by atoms with Crippen LogP contribution in [-0.2, 0) is 17.8 Å². The van der Waals surface area contributed by atoms with E-state index >= 15 is 0 Å². The minimum absolute atomic E-state index is 0.106. The van der Waals surface area contributed by atoms with Crippen LogP contribution in [0.3, 0.4) is 0 Å². The number of aliphatic hydroxyl groups is 1. The molecule has 1 amide bonds. The highest BCUT2D eigenvalue weighted by Gasteiger charge is 2.31. The van der Waals surface area contributed by atoms with E-state index in [9.17, 15) is 20.0 Å². The molecule has 8 heteroatoms. The van der Waals surface area contributed by atoms with Crippen molar-refractivity contribution in [1.82, 2.24) is 15.1 Å². The molecule has 0 aliphatic heterocycles. The second-order valence-corrected chi connectivity index (χ2v) is 5.48. The third kappa shape index (κ3) is 3.21. The summed E-state index contributed by atoms with van der Waals surface area (Å²) in [5.74, 6) is -0.232. The Hall–Kier alpha value is -2.74. The molecular formula is C15H16N4O4. The maximum Gasteiger partial charge on any atom is 0.306 e. The van der Waals surface area contributed by atoms with Gasteiger partial charge in [0.15, 0.2) is 0 Å². The van der Waals surface area contributed by atoms with E-state index in [1.807, 2.05) is 24.3 Å². The van der Waals surface area contributed by atoms with Crippen molar-refractivity contribution in [3.05, 3.63) is 57.9 Å². The van der Waals surface area contributed by atoms with E-state index in [0.717, 1.165) is 17.3 Å². The molecule has 0 radical (unpaired) electrons. The summed E-state index contributed by atoms with van der Waals surface area (Å²) in [6.07, 6.45) is 2.45. The lowest BCUT2D eigenvalue weighted by Crippen LogP contribution is -2.34. The summed E-state index contributed by atoms with van der Waals surface area (Å²) in [4.78, 5) is 22.1. The summed E-state index contributed by atoms with van der Waals surface area (Å²) >= 11 is 0. The SMILES string of the molecule is O=C(CCn1cc([N+](=O)[O-])cn1)NC1c2ccccc2CC1O. The van der Waals surface area contributed by atoms with Crippen molar-refractivity contribution >= 4 is 11.6 Å². The van der Waals surface area contributed by atoms with Gasteiger partial charge in [0.05, 0.1) is 17.1 Å². The van der Waals surface area contributed by atoms with E-state index in [1.165, 1.54) is 10.9 Å². The van der Waals surface area contributed by atoms with Gasteiger partial charge in [-0.1, -0.05) is 24.3 Å². The van der Waals surface area contributed by atoms with Gasteiger partial charge in [0.25, 0.3) is 0 Å². The molecule has 2 atom stereocenters. The van der Waals surface area contributed by atoms with E-state index < -0.39 is 17.1 Å². The molecule has 23 heavy (non-hydrogen) atoms. The molecule has 8 nitrogen and oxygen atoms in total. The minimum Gasteiger partial charge on any atom is -0.390 e. The van der Waals surface area contributed by atoms with Crippen LogP contribution in [0.2, 0.25) is 0 Å². The van der Waals surface area contributed by atoms with Gasteiger partial charge >= 0.3 is 5.69 Å². The van der Waals surface area contributed by atoms with Crippen molar-refractivity contribution in [2.75, 3.05) is 0 Å². The Morgan fingerprint density at radius 3 is 3.00 bits per heavy atom. The molecule has 2 unspecified atom stereocenters. The predicted molar refractivity (Wildman–Crippen MR) is 80.5 cm³/mol. The molecule has 120 valence electrons. The van der Waals surface area contributed by atoms with Gasteiger partial charge in [0, 0.05) is 19.4 Å². The highest BCUT2D eigenvalue weighted by molar-refractivity contribution is 5.76. The molecule has 0 saturated heterocycles. The quantitative estimate of drug-likeness (QED) is 0.630. The van der Waals surface area contributed by atoms with Crippen molar-refractivity contribution in [3.8, 4) is 0 Å². The molecule has 1 aliphatic rings. The van der Waals surface area contributed by atoms with Gasteiger partial charge in [-0.15, -0.1) is 0 Å². The van der Waals surface area contributed by atoms with Crippen LogP contribution in [0.4, 0.5) is 5.69 Å². The number of amides is 1. The fourth-order valence-corrected chi connectivity index (χ4v) is 2.78. The topological polar surface area (TPSA) is 110 Å². The van der Waals surface area contributed by atoms with Crippen LogP contribution in [-0.4, -0.2) is 31.8 Å². The van der Waals surface area contributed by atoms with Crippen molar-refractivity contribution in [2.24, 2.45) is 0 Å². The third-order valence-corrected chi connectivity index (χ3v) is 3.92. The number of nitro groups is 1. The van der Waals surface area contributed by atoms with Gasteiger partial charge in [0.1, 0.15) is 12.4 Å². The van der Waals surface area contributed by atoms with E-state index in [2.05, 4.69) is 10.4 Å². The fourth-order valence-electron chi connectivity index (χ4n) is 2.78. The number of aromatic nitrogens is 2. The smallest absolute Gasteiger partial charge is 0.306 e. The van der Waals surface area contributed by atoms with Gasteiger partial charge in [-0.05, 0) is 11.1 Å². The predicted octanol–water partition coefficient (Wildman–Crippen LogP) is 0.956. The number of benzene rings is 1. The highest BCUT2D eigenvalue weighted by Crippen LogP contribution is 2.31. The van der Waals surface area contributed by atoms with Crippen molar-refractivity contribution in [3.63, 3.8) is 0 Å². The molecular weight excluding hydrogens is 300 g/mol. The Bertz CT molecular complexity index is 743. The largest absolute Gasteiger partial charge is 0.390 e. The molecule has 1 aliphatic carbocycles. The summed E-state index contributed by atoms with van der Waals surface area (Å²) in [7, 11) is 0. The number of rotatable bonds is 5. The van der Waals surface area contributed by atoms with Crippen LogP contribution in [0, 0.1) is 10.1 Å². The van der Waals surface area contributed by atoms with Crippen LogP contribution in [0.5, 0.6) is 0 Å². The number of fused-ring (bicyclic) bond motifs is 1. The number of nitrogens with zero attached hydrogens (tertiary/aromatic N) is 3. The Labute approximate surface area is 131 Å². The van der Waals surface area contributed by atoms with E-state index in [4.69, 9.17) is 0 Å². The Morgan fingerprint density at radius 2 is 2.26 bits per heavy atom. The molecule has 3 rings (SSSR count). The van der Waals surface area contributed by atoms with Crippen molar-refractivity contribution < 1.29 is 14.8 Å². The fraction of sp³-hybridized carbons (Fsp3) is 0.333. The van der Waals surface area contributed by atoms with Gasteiger partial charge in [0.2, 0.25) is 5.91 Å². The van der Waals surface area contributed by atoms with Crippen LogP contribution >= 0.6 is 0 Å². The zero-order chi connectivity index (χ0) is 16.4.